The Hall–Kier alpha value is -0.650. The lowest BCUT2D eigenvalue weighted by atomic mass is 10.0. The monoisotopic (exact) mass is 311 g/mol. The van der Waals surface area contributed by atoms with E-state index in [1.807, 2.05) is 19.2 Å². The summed E-state index contributed by atoms with van der Waals surface area (Å²) in [6, 6.07) is 8.48. The lowest BCUT2D eigenvalue weighted by Crippen LogP contribution is -2.47. The topological polar surface area (TPSA) is 38.7 Å². The molecule has 1 fully saturated rings. The molecule has 0 saturated carbocycles. The van der Waals surface area contributed by atoms with Crippen LogP contribution in [0, 0.1) is 0 Å². The number of β-amino-alcohol motifs (C(OH)–C–C–N with tert-alkyl or cyclic N) is 1. The van der Waals surface area contributed by atoms with Gasteiger partial charge in [0.25, 0.3) is 0 Å². The molecule has 1 aliphatic heterocycles. The molecule has 4 nitrogen and oxygen atoms in total. The molecule has 2 N–H and O–H groups in total. The Morgan fingerprint density at radius 1 is 1.10 bits per heavy atom. The number of hydrogen-bond donors (Lipinski definition) is 2. The van der Waals surface area contributed by atoms with Crippen molar-refractivity contribution in [3.05, 3.63) is 34.9 Å². The zero-order chi connectivity index (χ0) is 15.1. The van der Waals surface area contributed by atoms with Gasteiger partial charge in [0.15, 0.2) is 0 Å². The zero-order valence-electron chi connectivity index (χ0n) is 12.8. The first-order valence-electron chi connectivity index (χ1n) is 7.71. The fraction of sp³-hybridized carbons (Fsp3) is 0.625. The summed E-state index contributed by atoms with van der Waals surface area (Å²) in [4.78, 5) is 4.83. The molecular weight excluding hydrogens is 286 g/mol. The van der Waals surface area contributed by atoms with E-state index < -0.39 is 0 Å². The maximum atomic E-state index is 8.97. The van der Waals surface area contributed by atoms with Gasteiger partial charge in [-0.1, -0.05) is 23.7 Å². The first kappa shape index (κ1) is 16.7. The second-order valence-electron chi connectivity index (χ2n) is 5.59. The van der Waals surface area contributed by atoms with Crippen LogP contribution < -0.4 is 5.32 Å². The molecule has 1 aliphatic rings. The molecule has 1 atom stereocenters. The van der Waals surface area contributed by atoms with Crippen molar-refractivity contribution in [2.45, 2.75) is 12.5 Å². The lowest BCUT2D eigenvalue weighted by Gasteiger charge is -2.35. The van der Waals surface area contributed by atoms with Gasteiger partial charge in [-0.05, 0) is 31.2 Å². The van der Waals surface area contributed by atoms with Crippen molar-refractivity contribution in [3.8, 4) is 0 Å². The molecular formula is C16H26ClN3O. The Balaban J connectivity index is 1.77. The van der Waals surface area contributed by atoms with E-state index in [0.717, 1.165) is 50.7 Å². The molecule has 1 unspecified atom stereocenters. The molecule has 1 aromatic rings. The van der Waals surface area contributed by atoms with Gasteiger partial charge >= 0.3 is 0 Å². The van der Waals surface area contributed by atoms with E-state index in [1.165, 1.54) is 5.56 Å². The molecule has 2 rings (SSSR count). The van der Waals surface area contributed by atoms with Crippen LogP contribution in [0.15, 0.2) is 24.3 Å². The fourth-order valence-electron chi connectivity index (χ4n) is 2.86. The minimum atomic E-state index is 0.262. The zero-order valence-corrected chi connectivity index (χ0v) is 13.5. The molecule has 1 heterocycles. The quantitative estimate of drug-likeness (QED) is 0.802. The van der Waals surface area contributed by atoms with Crippen LogP contribution in [-0.4, -0.2) is 67.8 Å². The highest BCUT2D eigenvalue weighted by atomic mass is 35.5. The van der Waals surface area contributed by atoms with Gasteiger partial charge in [-0.2, -0.15) is 0 Å². The average Bonchev–Trinajstić information content (AvgIpc) is 2.51. The molecule has 0 amide bonds. The summed E-state index contributed by atoms with van der Waals surface area (Å²) in [5.41, 5.74) is 1.29. The van der Waals surface area contributed by atoms with Crippen LogP contribution >= 0.6 is 11.6 Å². The van der Waals surface area contributed by atoms with Crippen LogP contribution in [0.4, 0.5) is 0 Å². The molecule has 1 saturated heterocycles. The van der Waals surface area contributed by atoms with Crippen LogP contribution in [0.3, 0.4) is 0 Å². The van der Waals surface area contributed by atoms with E-state index in [2.05, 4.69) is 27.2 Å². The average molecular weight is 312 g/mol. The van der Waals surface area contributed by atoms with E-state index in [4.69, 9.17) is 16.7 Å². The largest absolute Gasteiger partial charge is 0.395 e. The van der Waals surface area contributed by atoms with Crippen LogP contribution in [0.5, 0.6) is 0 Å². The summed E-state index contributed by atoms with van der Waals surface area (Å²) in [5.74, 6) is 0. The standard InChI is InChI=1S/C16H26ClN3O/c1-18-16(14-2-4-15(17)5-3-14)6-7-19-8-10-20(11-9-19)12-13-21/h2-5,16,18,21H,6-13H2,1H3. The predicted octanol–water partition coefficient (Wildman–Crippen LogP) is 1.60. The van der Waals surface area contributed by atoms with Crippen molar-refractivity contribution >= 4 is 11.6 Å². The third-order valence-electron chi connectivity index (χ3n) is 4.24. The molecule has 5 heteroatoms. The number of aliphatic hydroxyl groups is 1. The summed E-state index contributed by atoms with van der Waals surface area (Å²) in [6.07, 6.45) is 1.10. The molecule has 0 bridgehead atoms. The van der Waals surface area contributed by atoms with Crippen molar-refractivity contribution in [3.63, 3.8) is 0 Å². The number of nitrogens with one attached hydrogen (secondary N) is 1. The van der Waals surface area contributed by atoms with E-state index in [9.17, 15) is 0 Å². The normalized spacial score (nSPS) is 18.8. The highest BCUT2D eigenvalue weighted by Gasteiger charge is 2.17. The maximum absolute atomic E-state index is 8.97. The molecule has 0 spiro atoms. The Morgan fingerprint density at radius 2 is 1.67 bits per heavy atom. The smallest absolute Gasteiger partial charge is 0.0558 e. The number of nitrogens with zero attached hydrogens (tertiary/aromatic N) is 2. The summed E-state index contributed by atoms with van der Waals surface area (Å²) in [5, 5.41) is 13.1. The van der Waals surface area contributed by atoms with Crippen molar-refractivity contribution < 1.29 is 5.11 Å². The van der Waals surface area contributed by atoms with Crippen molar-refractivity contribution in [2.75, 3.05) is 52.9 Å². The van der Waals surface area contributed by atoms with Crippen LogP contribution in [0.2, 0.25) is 5.02 Å². The number of rotatable bonds is 7. The van der Waals surface area contributed by atoms with Crippen LogP contribution in [0.25, 0.3) is 0 Å². The van der Waals surface area contributed by atoms with E-state index in [1.54, 1.807) is 0 Å². The first-order chi connectivity index (χ1) is 10.2. The minimum Gasteiger partial charge on any atom is -0.395 e. The third-order valence-corrected chi connectivity index (χ3v) is 4.49. The van der Waals surface area contributed by atoms with Crippen molar-refractivity contribution in [2.24, 2.45) is 0 Å². The second-order valence-corrected chi connectivity index (χ2v) is 6.02. The van der Waals surface area contributed by atoms with Gasteiger partial charge in [-0.25, -0.2) is 0 Å². The van der Waals surface area contributed by atoms with E-state index in [-0.39, 0.29) is 6.61 Å². The van der Waals surface area contributed by atoms with Crippen LogP contribution in [0.1, 0.15) is 18.0 Å². The van der Waals surface area contributed by atoms with Gasteiger partial charge < -0.3 is 15.3 Å². The summed E-state index contributed by atoms with van der Waals surface area (Å²) in [6.45, 7) is 6.48. The number of piperazine rings is 1. The molecule has 1 aromatic carbocycles. The predicted molar refractivity (Wildman–Crippen MR) is 87.8 cm³/mol. The SMILES string of the molecule is CNC(CCN1CCN(CCO)CC1)c1ccc(Cl)cc1. The Morgan fingerprint density at radius 3 is 2.19 bits per heavy atom. The minimum absolute atomic E-state index is 0.262. The van der Waals surface area contributed by atoms with Gasteiger partial charge in [0, 0.05) is 50.3 Å². The summed E-state index contributed by atoms with van der Waals surface area (Å²) >= 11 is 5.95. The number of hydrogen-bond acceptors (Lipinski definition) is 4. The highest BCUT2D eigenvalue weighted by molar-refractivity contribution is 6.30. The maximum Gasteiger partial charge on any atom is 0.0558 e. The number of halogens is 1. The van der Waals surface area contributed by atoms with Crippen molar-refractivity contribution in [1.29, 1.82) is 0 Å². The van der Waals surface area contributed by atoms with Gasteiger partial charge in [0.2, 0.25) is 0 Å². The van der Waals surface area contributed by atoms with Crippen molar-refractivity contribution in [1.82, 2.24) is 15.1 Å². The number of aliphatic hydroxyl groups excluding tert-OH is 1. The molecule has 0 aliphatic carbocycles. The third kappa shape index (κ3) is 5.24. The van der Waals surface area contributed by atoms with Gasteiger partial charge in [-0.3, -0.25) is 4.90 Å². The summed E-state index contributed by atoms with van der Waals surface area (Å²) < 4.78 is 0. The van der Waals surface area contributed by atoms with Gasteiger partial charge in [-0.15, -0.1) is 0 Å². The summed E-state index contributed by atoms with van der Waals surface area (Å²) in [7, 11) is 2.01. The van der Waals surface area contributed by atoms with E-state index in [0.29, 0.717) is 6.04 Å². The molecule has 0 aromatic heterocycles. The van der Waals surface area contributed by atoms with Gasteiger partial charge in [0.05, 0.1) is 6.61 Å². The second kappa shape index (κ2) is 8.71. The molecule has 118 valence electrons. The number of benzene rings is 1. The first-order valence-corrected chi connectivity index (χ1v) is 8.09. The fourth-order valence-corrected chi connectivity index (χ4v) is 2.99. The highest BCUT2D eigenvalue weighted by Crippen LogP contribution is 2.19. The Labute approximate surface area is 132 Å². The van der Waals surface area contributed by atoms with Gasteiger partial charge in [0.1, 0.15) is 0 Å². The lowest BCUT2D eigenvalue weighted by molar-refractivity contribution is 0.110. The Kier molecular flexibility index (Phi) is 6.93. The van der Waals surface area contributed by atoms with Crippen LogP contribution in [-0.2, 0) is 0 Å². The molecule has 21 heavy (non-hydrogen) atoms. The Bertz CT molecular complexity index is 404. The van der Waals surface area contributed by atoms with E-state index >= 15 is 0 Å². The molecule has 0 radical (unpaired) electrons.